The Labute approximate surface area is 167 Å². The number of carbonyl (C=O) groups is 2. The van der Waals surface area contributed by atoms with Gasteiger partial charge in [0.15, 0.2) is 9.84 Å². The molecule has 3 rings (SSSR count). The van der Waals surface area contributed by atoms with Gasteiger partial charge in [0.2, 0.25) is 5.91 Å². The van der Waals surface area contributed by atoms with E-state index >= 15 is 0 Å². The third-order valence-electron chi connectivity index (χ3n) is 4.11. The van der Waals surface area contributed by atoms with Crippen LogP contribution in [0.1, 0.15) is 12.0 Å². The largest absolute Gasteiger partial charge is 0.351 e. The first-order valence-electron chi connectivity index (χ1n) is 8.31. The number of carbonyl (C=O) groups excluding carboxylic acids is 2. The van der Waals surface area contributed by atoms with E-state index in [2.05, 4.69) is 5.32 Å². The van der Waals surface area contributed by atoms with E-state index in [-0.39, 0.29) is 24.0 Å². The Bertz CT molecular complexity index is 923. The molecule has 142 valence electrons. The minimum absolute atomic E-state index is 0.0542. The Kier molecular flexibility index (Phi) is 6.13. The molecule has 0 aliphatic carbocycles. The average molecular weight is 423 g/mol. The highest BCUT2D eigenvalue weighted by Gasteiger charge is 2.34. The molecule has 27 heavy (non-hydrogen) atoms. The molecule has 0 saturated carbocycles. The van der Waals surface area contributed by atoms with Gasteiger partial charge >= 0.3 is 0 Å². The maximum atomic E-state index is 12.5. The normalized spacial score (nSPS) is 23.5. The van der Waals surface area contributed by atoms with Gasteiger partial charge in [0.25, 0.3) is 5.91 Å². The van der Waals surface area contributed by atoms with Gasteiger partial charge in [0.05, 0.1) is 16.4 Å². The molecule has 0 unspecified atom stereocenters. The van der Waals surface area contributed by atoms with Crippen LogP contribution in [0.15, 0.2) is 47.4 Å². The Hall–Kier alpha value is -1.97. The number of rotatable bonds is 5. The fourth-order valence-electron chi connectivity index (χ4n) is 2.79. The monoisotopic (exact) mass is 422 g/mol. The molecule has 0 radical (unpaired) electrons. The molecule has 2 aliphatic heterocycles. The van der Waals surface area contributed by atoms with Crippen molar-refractivity contribution in [1.82, 2.24) is 10.2 Å². The number of nitrogens with one attached hydrogen (secondary N) is 1. The van der Waals surface area contributed by atoms with Gasteiger partial charge in [-0.05, 0) is 18.1 Å². The summed E-state index contributed by atoms with van der Waals surface area (Å²) in [4.78, 5) is 26.3. The van der Waals surface area contributed by atoms with Crippen molar-refractivity contribution in [3.63, 3.8) is 0 Å². The van der Waals surface area contributed by atoms with E-state index in [1.54, 1.807) is 12.2 Å². The maximum Gasteiger partial charge on any atom is 0.266 e. The topological polar surface area (TPSA) is 83.6 Å². The second-order valence-electron chi connectivity index (χ2n) is 6.23. The van der Waals surface area contributed by atoms with Crippen LogP contribution in [0.2, 0.25) is 0 Å². The zero-order chi connectivity index (χ0) is 19.4. The van der Waals surface area contributed by atoms with Gasteiger partial charge in [0, 0.05) is 6.04 Å². The lowest BCUT2D eigenvalue weighted by Gasteiger charge is -2.16. The van der Waals surface area contributed by atoms with E-state index in [9.17, 15) is 18.0 Å². The molecule has 6 nitrogen and oxygen atoms in total. The predicted molar refractivity (Wildman–Crippen MR) is 111 cm³/mol. The van der Waals surface area contributed by atoms with Crippen molar-refractivity contribution in [2.24, 2.45) is 0 Å². The van der Waals surface area contributed by atoms with Crippen LogP contribution in [0, 0.1) is 0 Å². The van der Waals surface area contributed by atoms with Crippen molar-refractivity contribution in [1.29, 1.82) is 0 Å². The molecule has 0 spiro atoms. The second-order valence-corrected chi connectivity index (χ2v) is 10.1. The number of sulfone groups is 1. The summed E-state index contributed by atoms with van der Waals surface area (Å²) in [5.74, 6) is -0.706. The summed E-state index contributed by atoms with van der Waals surface area (Å²) in [6.45, 7) is -0.207. The fourth-order valence-corrected chi connectivity index (χ4v) is 5.67. The molecule has 1 N–H and O–H groups in total. The zero-order valence-electron chi connectivity index (χ0n) is 14.3. The van der Waals surface area contributed by atoms with Gasteiger partial charge in [-0.2, -0.15) is 0 Å². The van der Waals surface area contributed by atoms with E-state index in [0.717, 1.165) is 17.3 Å². The molecular weight excluding hydrogens is 404 g/mol. The van der Waals surface area contributed by atoms with E-state index in [1.165, 1.54) is 4.90 Å². The van der Waals surface area contributed by atoms with E-state index in [0.29, 0.717) is 15.6 Å². The Morgan fingerprint density at radius 3 is 2.74 bits per heavy atom. The fraction of sp³-hybridized carbons (Fsp3) is 0.278. The van der Waals surface area contributed by atoms with Gasteiger partial charge in [-0.3, -0.25) is 14.5 Å². The number of nitrogens with zero attached hydrogens (tertiary/aromatic N) is 1. The van der Waals surface area contributed by atoms with Crippen molar-refractivity contribution in [2.45, 2.75) is 12.5 Å². The molecule has 9 heteroatoms. The molecule has 1 atom stereocenters. The summed E-state index contributed by atoms with van der Waals surface area (Å²) in [6.07, 6.45) is 5.72. The van der Waals surface area contributed by atoms with Crippen LogP contribution < -0.4 is 5.32 Å². The Morgan fingerprint density at radius 2 is 2.07 bits per heavy atom. The molecule has 1 aromatic carbocycles. The zero-order valence-corrected chi connectivity index (χ0v) is 16.8. The summed E-state index contributed by atoms with van der Waals surface area (Å²) in [5.41, 5.74) is 1.01. The van der Waals surface area contributed by atoms with Gasteiger partial charge in [0.1, 0.15) is 10.9 Å². The first-order valence-corrected chi connectivity index (χ1v) is 11.4. The predicted octanol–water partition coefficient (Wildman–Crippen LogP) is 1.75. The molecule has 2 amide bonds. The molecule has 0 aromatic heterocycles. The number of hydrogen-bond donors (Lipinski definition) is 1. The highest BCUT2D eigenvalue weighted by molar-refractivity contribution is 8.26. The third kappa shape index (κ3) is 5.27. The van der Waals surface area contributed by atoms with Gasteiger partial charge in [-0.25, -0.2) is 8.42 Å². The SMILES string of the molecule is O=C(CN1C(=O)/C(=C/C=C/c2ccccc2)SC1=S)N[C@H]1CCS(=O)(=O)C1. The van der Waals surface area contributed by atoms with E-state index < -0.39 is 21.8 Å². The van der Waals surface area contributed by atoms with Crippen molar-refractivity contribution in [3.05, 3.63) is 53.0 Å². The molecule has 0 bridgehead atoms. The number of thiocarbonyl (C=S) groups is 1. The summed E-state index contributed by atoms with van der Waals surface area (Å²) in [7, 11) is -3.07. The van der Waals surface area contributed by atoms with Crippen LogP contribution in [0.4, 0.5) is 0 Å². The highest BCUT2D eigenvalue weighted by Crippen LogP contribution is 2.30. The molecule has 2 heterocycles. The van der Waals surface area contributed by atoms with Crippen molar-refractivity contribution in [2.75, 3.05) is 18.1 Å². The van der Waals surface area contributed by atoms with Gasteiger partial charge < -0.3 is 5.32 Å². The number of hydrogen-bond acceptors (Lipinski definition) is 6. The van der Waals surface area contributed by atoms with Gasteiger partial charge in [-0.15, -0.1) is 0 Å². The first kappa shape index (κ1) is 19.8. The summed E-state index contributed by atoms with van der Waals surface area (Å²) in [6, 6.07) is 9.27. The molecule has 2 saturated heterocycles. The quantitative estimate of drug-likeness (QED) is 0.575. The minimum atomic E-state index is -3.07. The Balaban J connectivity index is 1.58. The molecule has 1 aromatic rings. The number of allylic oxidation sites excluding steroid dienone is 2. The lowest BCUT2D eigenvalue weighted by molar-refractivity contribution is -0.129. The molecule has 2 fully saturated rings. The minimum Gasteiger partial charge on any atom is -0.351 e. The van der Waals surface area contributed by atoms with E-state index in [4.69, 9.17) is 12.2 Å². The van der Waals surface area contributed by atoms with Gasteiger partial charge in [-0.1, -0.05) is 66.5 Å². The van der Waals surface area contributed by atoms with Crippen LogP contribution >= 0.6 is 24.0 Å². The lowest BCUT2D eigenvalue weighted by atomic mass is 10.2. The summed E-state index contributed by atoms with van der Waals surface area (Å²) >= 11 is 6.35. The lowest BCUT2D eigenvalue weighted by Crippen LogP contribution is -2.43. The standard InChI is InChI=1S/C18H18N2O4S3/c21-16(19-14-9-10-27(23,24)12-14)11-20-17(22)15(26-18(20)25)8-4-7-13-5-2-1-3-6-13/h1-8,14H,9-12H2,(H,19,21)/b7-4+,15-8-/t14-/m0/s1. The second kappa shape index (κ2) is 8.37. The van der Waals surface area contributed by atoms with Crippen molar-refractivity contribution < 1.29 is 18.0 Å². The molecular formula is C18H18N2O4S3. The number of thioether (sulfide) groups is 1. The molecule has 2 aliphatic rings. The number of benzene rings is 1. The van der Waals surface area contributed by atoms with E-state index in [1.807, 2.05) is 36.4 Å². The Morgan fingerprint density at radius 1 is 1.33 bits per heavy atom. The third-order valence-corrected chi connectivity index (χ3v) is 7.27. The van der Waals surface area contributed by atoms with Crippen molar-refractivity contribution >= 4 is 56.0 Å². The average Bonchev–Trinajstić information content (AvgIpc) is 3.09. The highest BCUT2D eigenvalue weighted by atomic mass is 32.2. The summed E-state index contributed by atoms with van der Waals surface area (Å²) < 4.78 is 23.2. The van der Waals surface area contributed by atoms with Crippen LogP contribution in [0.3, 0.4) is 0 Å². The summed E-state index contributed by atoms with van der Waals surface area (Å²) in [5, 5.41) is 2.67. The van der Waals surface area contributed by atoms with Crippen LogP contribution in [0.5, 0.6) is 0 Å². The first-order chi connectivity index (χ1) is 12.8. The maximum absolute atomic E-state index is 12.5. The van der Waals surface area contributed by atoms with Crippen LogP contribution in [0.25, 0.3) is 6.08 Å². The number of amides is 2. The smallest absolute Gasteiger partial charge is 0.266 e. The van der Waals surface area contributed by atoms with Crippen molar-refractivity contribution in [3.8, 4) is 0 Å². The van der Waals surface area contributed by atoms with Crippen LogP contribution in [-0.2, 0) is 19.4 Å². The van der Waals surface area contributed by atoms with Crippen LogP contribution in [-0.4, -0.2) is 53.5 Å².